The van der Waals surface area contributed by atoms with Crippen molar-refractivity contribution in [2.45, 2.75) is 26.3 Å². The van der Waals surface area contributed by atoms with E-state index in [-0.39, 0.29) is 6.42 Å². The molecule has 1 aliphatic rings. The van der Waals surface area contributed by atoms with Gasteiger partial charge in [-0.05, 0) is 32.0 Å². The molecule has 0 saturated carbocycles. The molecule has 1 aromatic rings. The Kier molecular flexibility index (Phi) is 4.88. The van der Waals surface area contributed by atoms with Crippen molar-refractivity contribution < 1.29 is 14.4 Å². The Bertz CT molecular complexity index is 649. The van der Waals surface area contributed by atoms with Crippen LogP contribution in [-0.4, -0.2) is 29.2 Å². The Hall–Kier alpha value is -1.85. The van der Waals surface area contributed by atoms with Gasteiger partial charge in [0.2, 0.25) is 12.3 Å². The van der Waals surface area contributed by atoms with Crippen LogP contribution >= 0.6 is 23.2 Å². The van der Waals surface area contributed by atoms with Gasteiger partial charge in [-0.15, -0.1) is 0 Å². The van der Waals surface area contributed by atoms with Crippen molar-refractivity contribution in [3.05, 3.63) is 40.0 Å². The zero-order valence-corrected chi connectivity index (χ0v) is 13.6. The zero-order chi connectivity index (χ0) is 16.4. The predicted octanol–water partition coefficient (Wildman–Crippen LogP) is 3.01. The number of allylic oxidation sites excluding steroid dienone is 1. The SMILES string of the molecule is CC(C)=CN(C=O)C1CC(=O)N(c2cc(Cl)cc(Cl)c2)C1=O. The molecule has 1 fully saturated rings. The zero-order valence-electron chi connectivity index (χ0n) is 12.0. The van der Waals surface area contributed by atoms with Crippen LogP contribution in [0.1, 0.15) is 20.3 Å². The van der Waals surface area contributed by atoms with E-state index in [1.165, 1.54) is 29.3 Å². The molecule has 0 N–H and O–H groups in total. The van der Waals surface area contributed by atoms with E-state index in [0.29, 0.717) is 22.1 Å². The molecule has 1 atom stereocenters. The summed E-state index contributed by atoms with van der Waals surface area (Å²) in [5.41, 5.74) is 1.15. The topological polar surface area (TPSA) is 57.7 Å². The molecule has 0 spiro atoms. The second-order valence-electron chi connectivity index (χ2n) is 5.17. The Labute approximate surface area is 138 Å². The monoisotopic (exact) mass is 340 g/mol. The van der Waals surface area contributed by atoms with E-state index < -0.39 is 17.9 Å². The van der Waals surface area contributed by atoms with E-state index >= 15 is 0 Å². The minimum Gasteiger partial charge on any atom is -0.309 e. The normalized spacial score (nSPS) is 17.6. The molecule has 0 radical (unpaired) electrons. The van der Waals surface area contributed by atoms with Crippen LogP contribution in [0, 0.1) is 0 Å². The quantitative estimate of drug-likeness (QED) is 0.625. The third kappa shape index (κ3) is 3.31. The highest BCUT2D eigenvalue weighted by Crippen LogP contribution is 2.30. The molecule has 7 heteroatoms. The molecule has 0 bridgehead atoms. The van der Waals surface area contributed by atoms with E-state index in [1.54, 1.807) is 13.8 Å². The maximum atomic E-state index is 12.5. The average Bonchev–Trinajstić information content (AvgIpc) is 2.70. The minimum atomic E-state index is -0.849. The molecule has 0 aliphatic carbocycles. The molecular weight excluding hydrogens is 327 g/mol. The number of nitrogens with zero attached hydrogens (tertiary/aromatic N) is 2. The summed E-state index contributed by atoms with van der Waals surface area (Å²) in [6.07, 6.45) is 2.00. The second kappa shape index (κ2) is 6.50. The third-order valence-electron chi connectivity index (χ3n) is 3.12. The summed E-state index contributed by atoms with van der Waals surface area (Å²) < 4.78 is 0. The average molecular weight is 341 g/mol. The molecule has 116 valence electrons. The number of hydrogen-bond acceptors (Lipinski definition) is 3. The van der Waals surface area contributed by atoms with Gasteiger partial charge in [-0.25, -0.2) is 4.90 Å². The fourth-order valence-corrected chi connectivity index (χ4v) is 2.79. The Morgan fingerprint density at radius 2 is 1.82 bits per heavy atom. The lowest BCUT2D eigenvalue weighted by atomic mass is 10.2. The second-order valence-corrected chi connectivity index (χ2v) is 6.05. The van der Waals surface area contributed by atoms with Crippen LogP contribution in [0.15, 0.2) is 30.0 Å². The number of rotatable bonds is 4. The van der Waals surface area contributed by atoms with Gasteiger partial charge in [-0.2, -0.15) is 0 Å². The first-order valence-corrected chi connectivity index (χ1v) is 7.29. The van der Waals surface area contributed by atoms with Gasteiger partial charge in [-0.1, -0.05) is 28.8 Å². The van der Waals surface area contributed by atoms with E-state index in [4.69, 9.17) is 23.2 Å². The number of hydrogen-bond donors (Lipinski definition) is 0. The highest BCUT2D eigenvalue weighted by Gasteiger charge is 2.42. The van der Waals surface area contributed by atoms with Crippen LogP contribution in [0.25, 0.3) is 0 Å². The molecule has 1 saturated heterocycles. The molecular formula is C15H14Cl2N2O3. The molecule has 1 heterocycles. The van der Waals surface area contributed by atoms with Gasteiger partial charge >= 0.3 is 0 Å². The van der Waals surface area contributed by atoms with Crippen molar-refractivity contribution in [2.75, 3.05) is 4.90 Å². The van der Waals surface area contributed by atoms with E-state index in [0.717, 1.165) is 10.5 Å². The molecule has 5 nitrogen and oxygen atoms in total. The number of carbonyl (C=O) groups is 3. The predicted molar refractivity (Wildman–Crippen MR) is 84.7 cm³/mol. The van der Waals surface area contributed by atoms with E-state index in [2.05, 4.69) is 0 Å². The first kappa shape index (κ1) is 16.5. The summed E-state index contributed by atoms with van der Waals surface area (Å²) in [5.74, 6) is -0.879. The number of amides is 3. The summed E-state index contributed by atoms with van der Waals surface area (Å²) >= 11 is 11.8. The number of anilines is 1. The summed E-state index contributed by atoms with van der Waals surface area (Å²) in [6, 6.07) is 3.63. The molecule has 1 aliphatic heterocycles. The van der Waals surface area contributed by atoms with Gasteiger partial charge in [0.1, 0.15) is 6.04 Å². The van der Waals surface area contributed by atoms with Gasteiger partial charge in [0.15, 0.2) is 0 Å². The van der Waals surface area contributed by atoms with Crippen LogP contribution in [0.4, 0.5) is 5.69 Å². The van der Waals surface area contributed by atoms with Gasteiger partial charge < -0.3 is 4.90 Å². The van der Waals surface area contributed by atoms with Crippen LogP contribution in [0.5, 0.6) is 0 Å². The summed E-state index contributed by atoms with van der Waals surface area (Å²) in [7, 11) is 0. The van der Waals surface area contributed by atoms with Gasteiger partial charge in [0.05, 0.1) is 12.1 Å². The fraction of sp³-hybridized carbons (Fsp3) is 0.267. The number of imide groups is 1. The molecule has 1 aromatic carbocycles. The lowest BCUT2D eigenvalue weighted by Crippen LogP contribution is -2.39. The highest BCUT2D eigenvalue weighted by molar-refractivity contribution is 6.35. The van der Waals surface area contributed by atoms with Crippen molar-refractivity contribution in [3.63, 3.8) is 0 Å². The maximum absolute atomic E-state index is 12.5. The van der Waals surface area contributed by atoms with Crippen molar-refractivity contribution >= 4 is 47.1 Å². The van der Waals surface area contributed by atoms with Gasteiger partial charge in [0, 0.05) is 16.2 Å². The molecule has 0 aromatic heterocycles. The molecule has 1 unspecified atom stereocenters. The Morgan fingerprint density at radius 3 is 2.32 bits per heavy atom. The number of benzene rings is 1. The largest absolute Gasteiger partial charge is 0.309 e. The highest BCUT2D eigenvalue weighted by atomic mass is 35.5. The Balaban J connectivity index is 2.36. The molecule has 22 heavy (non-hydrogen) atoms. The molecule has 3 amide bonds. The van der Waals surface area contributed by atoms with Crippen LogP contribution in [0.2, 0.25) is 10.0 Å². The number of carbonyl (C=O) groups excluding carboxylic acids is 3. The van der Waals surface area contributed by atoms with Crippen LogP contribution < -0.4 is 4.90 Å². The summed E-state index contributed by atoms with van der Waals surface area (Å²) in [4.78, 5) is 38.1. The van der Waals surface area contributed by atoms with E-state index in [1.807, 2.05) is 0 Å². The van der Waals surface area contributed by atoms with Crippen molar-refractivity contribution in [1.29, 1.82) is 0 Å². The standard InChI is InChI=1S/C15H14Cl2N2O3/c1-9(2)7-18(8-20)13-6-14(21)19(15(13)22)12-4-10(16)3-11(17)5-12/h3-5,7-8,13H,6H2,1-2H3. The lowest BCUT2D eigenvalue weighted by Gasteiger charge is -2.20. The summed E-state index contributed by atoms with van der Waals surface area (Å²) in [5, 5.41) is 0.645. The van der Waals surface area contributed by atoms with Gasteiger partial charge in [0.25, 0.3) is 5.91 Å². The van der Waals surface area contributed by atoms with Crippen molar-refractivity contribution in [1.82, 2.24) is 4.90 Å². The first-order valence-electron chi connectivity index (χ1n) is 6.54. The van der Waals surface area contributed by atoms with Crippen LogP contribution in [0.3, 0.4) is 0 Å². The lowest BCUT2D eigenvalue weighted by molar-refractivity contribution is -0.127. The van der Waals surface area contributed by atoms with Gasteiger partial charge in [-0.3, -0.25) is 14.4 Å². The Morgan fingerprint density at radius 1 is 1.23 bits per heavy atom. The van der Waals surface area contributed by atoms with Crippen LogP contribution in [-0.2, 0) is 14.4 Å². The van der Waals surface area contributed by atoms with E-state index in [9.17, 15) is 14.4 Å². The van der Waals surface area contributed by atoms with Crippen molar-refractivity contribution in [3.8, 4) is 0 Å². The fourth-order valence-electron chi connectivity index (χ4n) is 2.28. The summed E-state index contributed by atoms with van der Waals surface area (Å²) in [6.45, 7) is 3.60. The minimum absolute atomic E-state index is 0.0779. The van der Waals surface area contributed by atoms with Crippen molar-refractivity contribution in [2.24, 2.45) is 0 Å². The third-order valence-corrected chi connectivity index (χ3v) is 3.55. The maximum Gasteiger partial charge on any atom is 0.257 e. The first-order chi connectivity index (χ1) is 10.3. The number of halogens is 2. The molecule has 2 rings (SSSR count). The smallest absolute Gasteiger partial charge is 0.257 e.